The van der Waals surface area contributed by atoms with Crippen LogP contribution in [-0.4, -0.2) is 53.7 Å². The molecule has 0 spiro atoms. The minimum atomic E-state index is -0.222. The Morgan fingerprint density at radius 3 is 2.14 bits per heavy atom. The van der Waals surface area contributed by atoms with Gasteiger partial charge in [-0.1, -0.05) is 31.2 Å². The van der Waals surface area contributed by atoms with Gasteiger partial charge in [0.05, 0.1) is 0 Å². The fraction of sp³-hybridized carbons (Fsp3) is 0.318. The first kappa shape index (κ1) is 19.6. The summed E-state index contributed by atoms with van der Waals surface area (Å²) < 4.78 is 0. The number of ketones is 1. The number of carbonyl (C=O) groups excluding carboxylic acids is 3. The number of benzene rings is 2. The average molecular weight is 379 g/mol. The van der Waals surface area contributed by atoms with Crippen LogP contribution < -0.4 is 5.32 Å². The van der Waals surface area contributed by atoms with Crippen LogP contribution in [-0.2, 0) is 6.42 Å². The number of hydrogen-bond donors (Lipinski definition) is 1. The van der Waals surface area contributed by atoms with Crippen LogP contribution in [0.5, 0.6) is 0 Å². The molecule has 2 aromatic rings. The van der Waals surface area contributed by atoms with Gasteiger partial charge < -0.3 is 15.1 Å². The van der Waals surface area contributed by atoms with E-state index in [2.05, 4.69) is 12.2 Å². The maximum absolute atomic E-state index is 12.6. The fourth-order valence-corrected chi connectivity index (χ4v) is 3.20. The quantitative estimate of drug-likeness (QED) is 0.828. The molecule has 6 heteroatoms. The molecule has 146 valence electrons. The summed E-state index contributed by atoms with van der Waals surface area (Å²) >= 11 is 0. The van der Waals surface area contributed by atoms with Crippen LogP contribution in [0.2, 0.25) is 0 Å². The predicted molar refractivity (Wildman–Crippen MR) is 109 cm³/mol. The zero-order valence-corrected chi connectivity index (χ0v) is 16.3. The lowest BCUT2D eigenvalue weighted by molar-refractivity contribution is 0.0671. The number of nitrogens with one attached hydrogen (secondary N) is 1. The van der Waals surface area contributed by atoms with E-state index in [4.69, 9.17) is 0 Å². The molecule has 0 atom stereocenters. The van der Waals surface area contributed by atoms with Crippen molar-refractivity contribution in [3.05, 3.63) is 65.2 Å². The van der Waals surface area contributed by atoms with Crippen molar-refractivity contribution in [1.29, 1.82) is 0 Å². The van der Waals surface area contributed by atoms with E-state index < -0.39 is 0 Å². The number of nitrogens with zero attached hydrogens (tertiary/aromatic N) is 2. The van der Waals surface area contributed by atoms with Gasteiger partial charge in [0.2, 0.25) is 0 Å². The molecule has 1 fully saturated rings. The highest BCUT2D eigenvalue weighted by molar-refractivity contribution is 5.97. The van der Waals surface area contributed by atoms with Gasteiger partial charge in [0, 0.05) is 43.0 Å². The molecule has 2 aromatic carbocycles. The Labute approximate surface area is 165 Å². The Hall–Kier alpha value is -3.15. The zero-order chi connectivity index (χ0) is 20.1. The minimum Gasteiger partial charge on any atom is -0.335 e. The van der Waals surface area contributed by atoms with Crippen molar-refractivity contribution in [2.24, 2.45) is 0 Å². The third-order valence-corrected chi connectivity index (χ3v) is 4.98. The standard InChI is InChI=1S/C22H25N3O3/c1-3-17-7-9-18(10-8-17)21(27)24-11-13-25(14-12-24)22(28)23-20-6-4-5-19(15-20)16(2)26/h4-10,15H,3,11-14H2,1-2H3,(H,23,28). The van der Waals surface area contributed by atoms with Gasteiger partial charge in [-0.15, -0.1) is 0 Å². The summed E-state index contributed by atoms with van der Waals surface area (Å²) in [6, 6.07) is 14.3. The van der Waals surface area contributed by atoms with Gasteiger partial charge in [0.1, 0.15) is 0 Å². The van der Waals surface area contributed by atoms with Crippen LogP contribution in [0.25, 0.3) is 0 Å². The maximum Gasteiger partial charge on any atom is 0.321 e. The Morgan fingerprint density at radius 2 is 1.54 bits per heavy atom. The fourth-order valence-electron chi connectivity index (χ4n) is 3.20. The van der Waals surface area contributed by atoms with E-state index in [9.17, 15) is 14.4 Å². The molecule has 1 N–H and O–H groups in total. The lowest BCUT2D eigenvalue weighted by Gasteiger charge is -2.34. The summed E-state index contributed by atoms with van der Waals surface area (Å²) in [5, 5.41) is 2.83. The second-order valence-electron chi connectivity index (χ2n) is 6.90. The third kappa shape index (κ3) is 4.57. The van der Waals surface area contributed by atoms with E-state index in [-0.39, 0.29) is 17.7 Å². The van der Waals surface area contributed by atoms with Crippen molar-refractivity contribution in [3.63, 3.8) is 0 Å². The first-order valence-electron chi connectivity index (χ1n) is 9.53. The number of anilines is 1. The summed E-state index contributed by atoms with van der Waals surface area (Å²) in [7, 11) is 0. The van der Waals surface area contributed by atoms with Crippen molar-refractivity contribution >= 4 is 23.4 Å². The van der Waals surface area contributed by atoms with Gasteiger partial charge in [0.15, 0.2) is 5.78 Å². The number of amides is 3. The number of carbonyl (C=O) groups is 3. The number of Topliss-reactive ketones (excluding diaryl/α,β-unsaturated/α-hetero) is 1. The van der Waals surface area contributed by atoms with E-state index in [0.29, 0.717) is 43.0 Å². The summed E-state index contributed by atoms with van der Waals surface area (Å²) in [6.07, 6.45) is 0.942. The molecule has 0 unspecified atom stereocenters. The number of hydrogen-bond acceptors (Lipinski definition) is 3. The van der Waals surface area contributed by atoms with Crippen LogP contribution in [0.1, 0.15) is 40.1 Å². The monoisotopic (exact) mass is 379 g/mol. The SMILES string of the molecule is CCc1ccc(C(=O)N2CCN(C(=O)Nc3cccc(C(C)=O)c3)CC2)cc1. The number of rotatable bonds is 4. The van der Waals surface area contributed by atoms with E-state index in [1.807, 2.05) is 24.3 Å². The molecule has 0 saturated carbocycles. The van der Waals surface area contributed by atoms with Gasteiger partial charge in [0.25, 0.3) is 5.91 Å². The number of aryl methyl sites for hydroxylation is 1. The molecule has 0 aliphatic carbocycles. The molecular weight excluding hydrogens is 354 g/mol. The molecule has 1 saturated heterocycles. The molecule has 3 amide bonds. The molecule has 1 aliphatic rings. The van der Waals surface area contributed by atoms with Crippen molar-refractivity contribution in [2.75, 3.05) is 31.5 Å². The molecule has 0 radical (unpaired) electrons. The first-order valence-corrected chi connectivity index (χ1v) is 9.53. The summed E-state index contributed by atoms with van der Waals surface area (Å²) in [5.74, 6) is -0.0490. The molecule has 0 aromatic heterocycles. The normalized spacial score (nSPS) is 13.9. The first-order chi connectivity index (χ1) is 13.5. The van der Waals surface area contributed by atoms with Gasteiger partial charge in [-0.25, -0.2) is 4.79 Å². The second-order valence-corrected chi connectivity index (χ2v) is 6.90. The van der Waals surface area contributed by atoms with Crippen LogP contribution >= 0.6 is 0 Å². The second kappa shape index (κ2) is 8.69. The largest absolute Gasteiger partial charge is 0.335 e. The Kier molecular flexibility index (Phi) is 6.09. The zero-order valence-electron chi connectivity index (χ0n) is 16.3. The van der Waals surface area contributed by atoms with Crippen molar-refractivity contribution in [1.82, 2.24) is 9.80 Å². The Balaban J connectivity index is 1.55. The van der Waals surface area contributed by atoms with Crippen LogP contribution in [0, 0.1) is 0 Å². The van der Waals surface area contributed by atoms with Crippen molar-refractivity contribution in [3.8, 4) is 0 Å². The molecule has 1 aliphatic heterocycles. The van der Waals surface area contributed by atoms with Gasteiger partial charge in [-0.05, 0) is 43.2 Å². The summed E-state index contributed by atoms with van der Waals surface area (Å²) in [4.78, 5) is 40.1. The molecule has 1 heterocycles. The summed E-state index contributed by atoms with van der Waals surface area (Å²) in [6.45, 7) is 5.50. The van der Waals surface area contributed by atoms with Crippen LogP contribution in [0.4, 0.5) is 10.5 Å². The lowest BCUT2D eigenvalue weighted by atomic mass is 10.1. The molecule has 3 rings (SSSR count). The van der Waals surface area contributed by atoms with Crippen LogP contribution in [0.15, 0.2) is 48.5 Å². The average Bonchev–Trinajstić information content (AvgIpc) is 2.73. The van der Waals surface area contributed by atoms with E-state index in [1.54, 1.807) is 34.1 Å². The van der Waals surface area contributed by atoms with E-state index in [1.165, 1.54) is 12.5 Å². The Bertz CT molecular complexity index is 869. The Morgan fingerprint density at radius 1 is 0.893 bits per heavy atom. The number of urea groups is 1. The van der Waals surface area contributed by atoms with Crippen molar-refractivity contribution < 1.29 is 14.4 Å². The number of piperazine rings is 1. The third-order valence-electron chi connectivity index (χ3n) is 4.98. The molecule has 28 heavy (non-hydrogen) atoms. The minimum absolute atomic E-state index is 0.00290. The highest BCUT2D eigenvalue weighted by Gasteiger charge is 2.25. The maximum atomic E-state index is 12.6. The highest BCUT2D eigenvalue weighted by Crippen LogP contribution is 2.14. The van der Waals surface area contributed by atoms with Gasteiger partial charge in [-0.3, -0.25) is 9.59 Å². The molecular formula is C22H25N3O3. The topological polar surface area (TPSA) is 69.7 Å². The van der Waals surface area contributed by atoms with Crippen LogP contribution in [0.3, 0.4) is 0 Å². The molecule has 6 nitrogen and oxygen atoms in total. The van der Waals surface area contributed by atoms with Gasteiger partial charge in [-0.2, -0.15) is 0 Å². The van der Waals surface area contributed by atoms with E-state index >= 15 is 0 Å². The highest BCUT2D eigenvalue weighted by atomic mass is 16.2. The van der Waals surface area contributed by atoms with Crippen molar-refractivity contribution in [2.45, 2.75) is 20.3 Å². The van der Waals surface area contributed by atoms with Gasteiger partial charge >= 0.3 is 6.03 Å². The predicted octanol–water partition coefficient (Wildman–Crippen LogP) is 3.44. The van der Waals surface area contributed by atoms with E-state index in [0.717, 1.165) is 6.42 Å². The smallest absolute Gasteiger partial charge is 0.321 e. The summed E-state index contributed by atoms with van der Waals surface area (Å²) in [5.41, 5.74) is 3.03. The molecule has 0 bridgehead atoms. The lowest BCUT2D eigenvalue weighted by Crippen LogP contribution is -2.51.